The summed E-state index contributed by atoms with van der Waals surface area (Å²) in [6.07, 6.45) is 3.47. The SMILES string of the molecule is CNC(=O)Nc1cccc(-c2cn3ncc(-c4cccc(C(=O)O)c4)cc3n2)c1. The van der Waals surface area contributed by atoms with Crippen LogP contribution in [0.3, 0.4) is 0 Å². The highest BCUT2D eigenvalue weighted by Crippen LogP contribution is 2.25. The first-order valence-corrected chi connectivity index (χ1v) is 8.82. The molecule has 0 spiro atoms. The third-order valence-electron chi connectivity index (χ3n) is 4.41. The van der Waals surface area contributed by atoms with E-state index in [2.05, 4.69) is 20.7 Å². The molecule has 2 amide bonds. The summed E-state index contributed by atoms with van der Waals surface area (Å²) in [5, 5.41) is 18.8. The number of aromatic nitrogens is 3. The number of carbonyl (C=O) groups excluding carboxylic acids is 1. The smallest absolute Gasteiger partial charge is 0.335 e. The van der Waals surface area contributed by atoms with Gasteiger partial charge in [-0.05, 0) is 35.9 Å². The Bertz CT molecular complexity index is 1230. The second kappa shape index (κ2) is 7.43. The Labute approximate surface area is 165 Å². The van der Waals surface area contributed by atoms with E-state index < -0.39 is 5.97 Å². The van der Waals surface area contributed by atoms with Crippen LogP contribution >= 0.6 is 0 Å². The number of carboxylic acids is 1. The standard InChI is InChI=1S/C21H17N5O3/c1-22-21(29)24-17-7-3-5-14(9-17)18-12-26-19(25-18)10-16(11-23-26)13-4-2-6-15(8-13)20(27)28/h2-12H,1H3,(H,27,28)(H2,22,24,29). The molecule has 8 nitrogen and oxygen atoms in total. The van der Waals surface area contributed by atoms with Gasteiger partial charge in [0.25, 0.3) is 0 Å². The molecule has 0 aliphatic heterocycles. The number of anilines is 1. The minimum atomic E-state index is -0.978. The van der Waals surface area contributed by atoms with Crippen molar-refractivity contribution in [3.8, 4) is 22.4 Å². The van der Waals surface area contributed by atoms with E-state index in [9.17, 15) is 14.7 Å². The summed E-state index contributed by atoms with van der Waals surface area (Å²) in [4.78, 5) is 27.4. The van der Waals surface area contributed by atoms with E-state index in [1.165, 1.54) is 0 Å². The van der Waals surface area contributed by atoms with E-state index >= 15 is 0 Å². The molecule has 4 aromatic rings. The molecule has 2 aromatic carbocycles. The molecule has 0 saturated heterocycles. The number of rotatable bonds is 4. The predicted molar refractivity (Wildman–Crippen MR) is 109 cm³/mol. The van der Waals surface area contributed by atoms with E-state index in [0.29, 0.717) is 17.0 Å². The van der Waals surface area contributed by atoms with Crippen molar-refractivity contribution in [2.75, 3.05) is 12.4 Å². The summed E-state index contributed by atoms with van der Waals surface area (Å²) in [5.41, 5.74) is 4.55. The van der Waals surface area contributed by atoms with Gasteiger partial charge in [0.2, 0.25) is 0 Å². The number of aromatic carboxylic acids is 1. The molecular formula is C21H17N5O3. The van der Waals surface area contributed by atoms with Crippen LogP contribution in [0.5, 0.6) is 0 Å². The molecule has 0 saturated carbocycles. The Morgan fingerprint density at radius 1 is 1.00 bits per heavy atom. The summed E-state index contributed by atoms with van der Waals surface area (Å²) in [7, 11) is 1.55. The zero-order chi connectivity index (χ0) is 20.4. The minimum absolute atomic E-state index is 0.215. The molecule has 29 heavy (non-hydrogen) atoms. The molecule has 2 heterocycles. The highest BCUT2D eigenvalue weighted by molar-refractivity contribution is 5.90. The van der Waals surface area contributed by atoms with Crippen LogP contribution in [0.25, 0.3) is 28.0 Å². The van der Waals surface area contributed by atoms with Crippen molar-refractivity contribution < 1.29 is 14.7 Å². The van der Waals surface area contributed by atoms with Gasteiger partial charge in [0.05, 0.1) is 23.7 Å². The maximum Gasteiger partial charge on any atom is 0.335 e. The van der Waals surface area contributed by atoms with Gasteiger partial charge in [-0.3, -0.25) is 0 Å². The van der Waals surface area contributed by atoms with Gasteiger partial charge in [0, 0.05) is 23.9 Å². The second-order valence-corrected chi connectivity index (χ2v) is 6.34. The fourth-order valence-corrected chi connectivity index (χ4v) is 2.96. The minimum Gasteiger partial charge on any atom is -0.478 e. The van der Waals surface area contributed by atoms with Gasteiger partial charge >= 0.3 is 12.0 Å². The molecule has 0 bridgehead atoms. The number of hydrogen-bond acceptors (Lipinski definition) is 4. The summed E-state index contributed by atoms with van der Waals surface area (Å²) in [5.74, 6) is -0.978. The zero-order valence-electron chi connectivity index (χ0n) is 15.5. The highest BCUT2D eigenvalue weighted by Gasteiger charge is 2.10. The number of nitrogens with one attached hydrogen (secondary N) is 2. The monoisotopic (exact) mass is 387 g/mol. The average Bonchev–Trinajstić information content (AvgIpc) is 3.17. The summed E-state index contributed by atoms with van der Waals surface area (Å²) < 4.78 is 1.65. The van der Waals surface area contributed by atoms with Crippen LogP contribution in [-0.2, 0) is 0 Å². The Morgan fingerprint density at radius 2 is 1.79 bits per heavy atom. The van der Waals surface area contributed by atoms with Crippen LogP contribution in [-0.4, -0.2) is 38.8 Å². The van der Waals surface area contributed by atoms with Gasteiger partial charge < -0.3 is 15.7 Å². The van der Waals surface area contributed by atoms with Crippen LogP contribution in [0.15, 0.2) is 67.0 Å². The van der Waals surface area contributed by atoms with Gasteiger partial charge in [-0.1, -0.05) is 24.3 Å². The molecular weight excluding hydrogens is 370 g/mol. The Hall–Kier alpha value is -4.20. The van der Waals surface area contributed by atoms with E-state index in [-0.39, 0.29) is 11.6 Å². The third-order valence-corrected chi connectivity index (χ3v) is 4.41. The Balaban J connectivity index is 1.69. The summed E-state index contributed by atoms with van der Waals surface area (Å²) in [6.45, 7) is 0. The molecule has 3 N–H and O–H groups in total. The first-order chi connectivity index (χ1) is 14.0. The largest absolute Gasteiger partial charge is 0.478 e. The lowest BCUT2D eigenvalue weighted by Crippen LogP contribution is -2.24. The van der Waals surface area contributed by atoms with Crippen molar-refractivity contribution in [2.45, 2.75) is 0 Å². The second-order valence-electron chi connectivity index (χ2n) is 6.34. The number of urea groups is 1. The number of imidazole rings is 1. The van der Waals surface area contributed by atoms with Gasteiger partial charge in [-0.15, -0.1) is 0 Å². The number of hydrogen-bond donors (Lipinski definition) is 3. The molecule has 0 unspecified atom stereocenters. The molecule has 0 aliphatic carbocycles. The van der Waals surface area contributed by atoms with E-state index in [1.54, 1.807) is 48.2 Å². The predicted octanol–water partition coefficient (Wildman–Crippen LogP) is 3.51. The molecule has 0 atom stereocenters. The average molecular weight is 387 g/mol. The Kier molecular flexibility index (Phi) is 4.66. The number of fused-ring (bicyclic) bond motifs is 1. The van der Waals surface area contributed by atoms with Crippen LogP contribution in [0.4, 0.5) is 10.5 Å². The molecule has 144 valence electrons. The van der Waals surface area contributed by atoms with E-state index in [1.807, 2.05) is 30.3 Å². The van der Waals surface area contributed by atoms with Gasteiger partial charge in [-0.25, -0.2) is 19.1 Å². The lowest BCUT2D eigenvalue weighted by molar-refractivity contribution is 0.0697. The van der Waals surface area contributed by atoms with Gasteiger partial charge in [0.1, 0.15) is 0 Å². The van der Waals surface area contributed by atoms with Crippen LogP contribution in [0.2, 0.25) is 0 Å². The first kappa shape index (κ1) is 18.2. The molecule has 4 rings (SSSR count). The van der Waals surface area contributed by atoms with Gasteiger partial charge in [0.15, 0.2) is 5.65 Å². The van der Waals surface area contributed by atoms with Crippen molar-refractivity contribution >= 4 is 23.3 Å². The summed E-state index contributed by atoms with van der Waals surface area (Å²) in [6, 6.07) is 15.6. The van der Waals surface area contributed by atoms with Crippen molar-refractivity contribution in [3.63, 3.8) is 0 Å². The topological polar surface area (TPSA) is 109 Å². The van der Waals surface area contributed by atoms with Crippen molar-refractivity contribution in [3.05, 3.63) is 72.6 Å². The molecule has 8 heteroatoms. The molecule has 0 fully saturated rings. The zero-order valence-corrected chi connectivity index (χ0v) is 15.5. The third kappa shape index (κ3) is 3.77. The number of amides is 2. The lowest BCUT2D eigenvalue weighted by atomic mass is 10.1. The van der Waals surface area contributed by atoms with Crippen molar-refractivity contribution in [1.82, 2.24) is 19.9 Å². The van der Waals surface area contributed by atoms with Gasteiger partial charge in [-0.2, -0.15) is 5.10 Å². The number of carboxylic acid groups (broad SMARTS) is 1. The number of benzene rings is 2. The number of nitrogens with zero attached hydrogens (tertiary/aromatic N) is 3. The quantitative estimate of drug-likeness (QED) is 0.496. The highest BCUT2D eigenvalue weighted by atomic mass is 16.4. The molecule has 2 aromatic heterocycles. The normalized spacial score (nSPS) is 10.7. The molecule has 0 aliphatic rings. The maximum absolute atomic E-state index is 11.5. The molecule has 0 radical (unpaired) electrons. The first-order valence-electron chi connectivity index (χ1n) is 8.82. The fraction of sp³-hybridized carbons (Fsp3) is 0.0476. The van der Waals surface area contributed by atoms with Crippen LogP contribution < -0.4 is 10.6 Å². The Morgan fingerprint density at radius 3 is 2.59 bits per heavy atom. The van der Waals surface area contributed by atoms with Crippen LogP contribution in [0.1, 0.15) is 10.4 Å². The van der Waals surface area contributed by atoms with E-state index in [0.717, 1.165) is 16.7 Å². The lowest BCUT2D eigenvalue weighted by Gasteiger charge is -2.05. The summed E-state index contributed by atoms with van der Waals surface area (Å²) >= 11 is 0. The van der Waals surface area contributed by atoms with E-state index in [4.69, 9.17) is 0 Å². The fourth-order valence-electron chi connectivity index (χ4n) is 2.96. The van der Waals surface area contributed by atoms with Crippen molar-refractivity contribution in [2.24, 2.45) is 0 Å². The van der Waals surface area contributed by atoms with Crippen molar-refractivity contribution in [1.29, 1.82) is 0 Å². The number of carbonyl (C=O) groups is 2. The maximum atomic E-state index is 11.5. The van der Waals surface area contributed by atoms with Crippen LogP contribution in [0, 0.1) is 0 Å².